The molecule has 1 aromatic rings. The summed E-state index contributed by atoms with van der Waals surface area (Å²) in [5.74, 6) is -0.290. The molecule has 24 heavy (non-hydrogen) atoms. The van der Waals surface area contributed by atoms with Gasteiger partial charge in [-0.3, -0.25) is 4.79 Å². The molecule has 1 aromatic carbocycles. The zero-order valence-corrected chi connectivity index (χ0v) is 13.6. The first-order valence-corrected chi connectivity index (χ1v) is 9.30. The van der Waals surface area contributed by atoms with Crippen LogP contribution in [0.2, 0.25) is 0 Å². The Kier molecular flexibility index (Phi) is 4.61. The number of ether oxygens (including phenoxy) is 3. The van der Waals surface area contributed by atoms with E-state index < -0.39 is 40.5 Å². The first-order chi connectivity index (χ1) is 11.4. The van der Waals surface area contributed by atoms with Crippen molar-refractivity contribution in [2.45, 2.75) is 18.6 Å². The van der Waals surface area contributed by atoms with Crippen LogP contribution in [0, 0.1) is 0 Å². The van der Waals surface area contributed by atoms with Gasteiger partial charge in [0.25, 0.3) is 5.91 Å². The minimum atomic E-state index is -3.08. The molecule has 1 fully saturated rings. The summed E-state index contributed by atoms with van der Waals surface area (Å²) < 4.78 is 38.5. The van der Waals surface area contributed by atoms with E-state index in [-0.39, 0.29) is 18.1 Å². The van der Waals surface area contributed by atoms with E-state index in [1.54, 1.807) is 24.3 Å². The van der Waals surface area contributed by atoms with Crippen LogP contribution in [-0.2, 0) is 24.2 Å². The fraction of sp³-hybridized carbons (Fsp3) is 0.467. The van der Waals surface area contributed by atoms with Crippen molar-refractivity contribution in [1.82, 2.24) is 5.32 Å². The van der Waals surface area contributed by atoms with Crippen molar-refractivity contribution >= 4 is 21.7 Å². The second-order valence-corrected chi connectivity index (χ2v) is 7.87. The molecule has 2 aliphatic rings. The maximum Gasteiger partial charge on any atom is 0.351 e. The zero-order chi connectivity index (χ0) is 17.2. The summed E-state index contributed by atoms with van der Waals surface area (Å²) in [5.41, 5.74) is 0. The molecular formula is C15H17NO7S. The summed E-state index contributed by atoms with van der Waals surface area (Å²) in [4.78, 5) is 23.7. The first-order valence-electron chi connectivity index (χ1n) is 7.48. The highest BCUT2D eigenvalue weighted by Gasteiger charge is 2.31. The Hall–Kier alpha value is -2.29. The van der Waals surface area contributed by atoms with Crippen LogP contribution in [-0.4, -0.2) is 57.2 Å². The lowest BCUT2D eigenvalue weighted by Crippen LogP contribution is -2.41. The number of carbonyl (C=O) groups is 2. The molecular weight excluding hydrogens is 338 g/mol. The third-order valence-electron chi connectivity index (χ3n) is 3.71. The molecule has 0 spiro atoms. The molecule has 0 aliphatic carbocycles. The van der Waals surface area contributed by atoms with Crippen molar-refractivity contribution in [2.24, 2.45) is 0 Å². The van der Waals surface area contributed by atoms with Gasteiger partial charge in [-0.25, -0.2) is 13.2 Å². The predicted octanol–water partition coefficient (Wildman–Crippen LogP) is -0.327. The maximum absolute atomic E-state index is 11.9. The predicted molar refractivity (Wildman–Crippen MR) is 82.5 cm³/mol. The second kappa shape index (κ2) is 6.68. The number of nitrogens with one attached hydrogen (secondary N) is 1. The van der Waals surface area contributed by atoms with Gasteiger partial charge in [0, 0.05) is 6.04 Å². The zero-order valence-electron chi connectivity index (χ0n) is 12.8. The van der Waals surface area contributed by atoms with Gasteiger partial charge >= 0.3 is 5.97 Å². The summed E-state index contributed by atoms with van der Waals surface area (Å²) >= 11 is 0. The molecule has 130 valence electrons. The molecule has 1 amide bonds. The number of hydrogen-bond acceptors (Lipinski definition) is 7. The smallest absolute Gasteiger partial charge is 0.351 e. The lowest BCUT2D eigenvalue weighted by atomic mass is 10.2. The number of rotatable bonds is 4. The minimum absolute atomic E-state index is 0.00165. The molecule has 0 unspecified atom stereocenters. The normalized spacial score (nSPS) is 24.2. The van der Waals surface area contributed by atoms with Gasteiger partial charge in [-0.15, -0.1) is 0 Å². The lowest BCUT2D eigenvalue weighted by Gasteiger charge is -2.24. The number of amides is 1. The molecule has 2 atom stereocenters. The topological polar surface area (TPSA) is 108 Å². The molecule has 8 nitrogen and oxygen atoms in total. The van der Waals surface area contributed by atoms with Gasteiger partial charge < -0.3 is 19.5 Å². The Morgan fingerprint density at radius 3 is 2.71 bits per heavy atom. The molecule has 0 saturated carbocycles. The van der Waals surface area contributed by atoms with Gasteiger partial charge in [-0.1, -0.05) is 12.1 Å². The van der Waals surface area contributed by atoms with Gasteiger partial charge in [0.15, 0.2) is 27.9 Å². The minimum Gasteiger partial charge on any atom is -0.485 e. The fourth-order valence-electron chi connectivity index (χ4n) is 2.54. The number of sulfone groups is 1. The number of benzene rings is 1. The maximum atomic E-state index is 11.9. The third kappa shape index (κ3) is 3.97. The number of esters is 1. The van der Waals surface area contributed by atoms with Crippen molar-refractivity contribution in [3.8, 4) is 11.5 Å². The summed E-state index contributed by atoms with van der Waals surface area (Å²) in [6.45, 7) is -0.491. The third-order valence-corrected chi connectivity index (χ3v) is 5.48. The van der Waals surface area contributed by atoms with Crippen LogP contribution in [0.15, 0.2) is 24.3 Å². The van der Waals surface area contributed by atoms with Gasteiger partial charge in [0.1, 0.15) is 6.61 Å². The fourth-order valence-corrected chi connectivity index (χ4v) is 4.22. The monoisotopic (exact) mass is 355 g/mol. The van der Waals surface area contributed by atoms with E-state index in [1.165, 1.54) is 0 Å². The highest BCUT2D eigenvalue weighted by Crippen LogP contribution is 2.31. The van der Waals surface area contributed by atoms with Gasteiger partial charge in [0.05, 0.1) is 11.5 Å². The Bertz CT molecular complexity index is 746. The van der Waals surface area contributed by atoms with Crippen LogP contribution < -0.4 is 14.8 Å². The molecule has 2 aliphatic heterocycles. The van der Waals surface area contributed by atoms with E-state index in [4.69, 9.17) is 14.2 Å². The van der Waals surface area contributed by atoms with E-state index in [9.17, 15) is 18.0 Å². The summed E-state index contributed by atoms with van der Waals surface area (Å²) in [5, 5.41) is 2.54. The molecule has 2 heterocycles. The molecule has 0 bridgehead atoms. The number of carbonyl (C=O) groups excluding carboxylic acids is 2. The summed E-state index contributed by atoms with van der Waals surface area (Å²) in [6.07, 6.45) is -0.571. The average Bonchev–Trinajstić information content (AvgIpc) is 2.90. The lowest BCUT2D eigenvalue weighted by molar-refractivity contribution is -0.157. The highest BCUT2D eigenvalue weighted by atomic mass is 32.2. The van der Waals surface area contributed by atoms with Crippen molar-refractivity contribution in [1.29, 1.82) is 0 Å². The summed E-state index contributed by atoms with van der Waals surface area (Å²) in [6, 6.07) is 6.50. The van der Waals surface area contributed by atoms with Gasteiger partial charge in [-0.2, -0.15) is 0 Å². The molecule has 9 heteroatoms. The van der Waals surface area contributed by atoms with E-state index in [0.29, 0.717) is 17.9 Å². The Balaban J connectivity index is 1.45. The molecule has 0 radical (unpaired) electrons. The van der Waals surface area contributed by atoms with Gasteiger partial charge in [0.2, 0.25) is 6.10 Å². The largest absolute Gasteiger partial charge is 0.485 e. The molecule has 1 saturated heterocycles. The van der Waals surface area contributed by atoms with E-state index >= 15 is 0 Å². The van der Waals surface area contributed by atoms with E-state index in [0.717, 1.165) is 0 Å². The van der Waals surface area contributed by atoms with Crippen molar-refractivity contribution < 1.29 is 32.2 Å². The first kappa shape index (κ1) is 16.6. The molecule has 1 N–H and O–H groups in total. The van der Waals surface area contributed by atoms with Crippen LogP contribution in [0.25, 0.3) is 0 Å². The van der Waals surface area contributed by atoms with Crippen molar-refractivity contribution in [3.63, 3.8) is 0 Å². The van der Waals surface area contributed by atoms with Crippen LogP contribution in [0.3, 0.4) is 0 Å². The quantitative estimate of drug-likeness (QED) is 0.737. The molecule has 3 rings (SSSR count). The Labute approximate surface area is 139 Å². The van der Waals surface area contributed by atoms with Crippen LogP contribution in [0.4, 0.5) is 0 Å². The average molecular weight is 355 g/mol. The van der Waals surface area contributed by atoms with E-state index in [1.807, 2.05) is 0 Å². The number of hydrogen-bond donors (Lipinski definition) is 1. The SMILES string of the molecule is O=C(COC(=O)[C@H]1COc2ccccc2O1)N[C@H]1CCS(=O)(=O)C1. The highest BCUT2D eigenvalue weighted by molar-refractivity contribution is 7.91. The van der Waals surface area contributed by atoms with Crippen molar-refractivity contribution in [3.05, 3.63) is 24.3 Å². The molecule has 0 aromatic heterocycles. The second-order valence-electron chi connectivity index (χ2n) is 5.64. The van der Waals surface area contributed by atoms with Crippen LogP contribution >= 0.6 is 0 Å². The van der Waals surface area contributed by atoms with Crippen LogP contribution in [0.1, 0.15) is 6.42 Å². The van der Waals surface area contributed by atoms with Gasteiger partial charge in [-0.05, 0) is 18.6 Å². The van der Waals surface area contributed by atoms with E-state index in [2.05, 4.69) is 5.32 Å². The standard InChI is InChI=1S/C15H17NO7S/c17-14(16-10-5-6-24(19,20)9-10)8-22-15(18)13-7-21-11-3-1-2-4-12(11)23-13/h1-4,10,13H,5-9H2,(H,16,17)/t10-,13+/m0/s1. The Morgan fingerprint density at radius 2 is 2.00 bits per heavy atom. The number of para-hydroxylation sites is 2. The van der Waals surface area contributed by atoms with Crippen molar-refractivity contribution in [2.75, 3.05) is 24.7 Å². The summed E-state index contributed by atoms with van der Waals surface area (Å²) in [7, 11) is -3.08. The van der Waals surface area contributed by atoms with Crippen LogP contribution in [0.5, 0.6) is 11.5 Å². The Morgan fingerprint density at radius 1 is 1.25 bits per heavy atom. The number of fused-ring (bicyclic) bond motifs is 1.